The molecule has 3 fully saturated rings. The van der Waals surface area contributed by atoms with Crippen molar-refractivity contribution < 1.29 is 99.6 Å². The summed E-state index contributed by atoms with van der Waals surface area (Å²) in [5, 5.41) is 144. The monoisotopic (exact) mass is 1180 g/mol. The zero-order chi connectivity index (χ0) is 60.2. The van der Waals surface area contributed by atoms with Crippen LogP contribution in [-0.4, -0.2) is 215 Å². The lowest BCUT2D eigenvalue weighted by Crippen LogP contribution is -2.67. The second-order valence-electron chi connectivity index (χ2n) is 24.0. The molecule has 20 atom stereocenters. The Morgan fingerprint density at radius 3 is 1.22 bits per heavy atom. The summed E-state index contributed by atoms with van der Waals surface area (Å²) in [5.41, 5.74) is 0. The number of unbranched alkanes of at least 4 members (excludes halogenated alkanes) is 30. The van der Waals surface area contributed by atoms with Crippen LogP contribution in [0.4, 0.5) is 0 Å². The summed E-state index contributed by atoms with van der Waals surface area (Å²) in [4.78, 5) is 13.7. The van der Waals surface area contributed by atoms with Crippen molar-refractivity contribution >= 4 is 5.91 Å². The molecule has 0 aliphatic carbocycles. The van der Waals surface area contributed by atoms with Crippen molar-refractivity contribution in [2.45, 2.75) is 362 Å². The molecule has 0 unspecified atom stereocenters. The molecule has 0 bridgehead atoms. The van der Waals surface area contributed by atoms with E-state index < -0.39 is 148 Å². The van der Waals surface area contributed by atoms with Crippen molar-refractivity contribution in [3.63, 3.8) is 0 Å². The Labute approximate surface area is 490 Å². The molecule has 0 spiro atoms. The van der Waals surface area contributed by atoms with E-state index in [1.807, 2.05) is 0 Å². The number of aliphatic hydroxyl groups is 13. The highest BCUT2D eigenvalue weighted by Gasteiger charge is 2.54. The molecule has 3 rings (SSSR count). The van der Waals surface area contributed by atoms with Crippen LogP contribution in [0, 0.1) is 0 Å². The number of ether oxygens (including phenoxy) is 6. The largest absolute Gasteiger partial charge is 0.394 e. The molecule has 1 amide bonds. The van der Waals surface area contributed by atoms with Crippen LogP contribution in [0.25, 0.3) is 0 Å². The normalized spacial score (nSPS) is 30.7. The third-order valence-corrected chi connectivity index (χ3v) is 16.9. The van der Waals surface area contributed by atoms with E-state index in [4.69, 9.17) is 28.4 Å². The lowest BCUT2D eigenvalue weighted by Gasteiger charge is -2.49. The first-order valence-corrected chi connectivity index (χ1v) is 32.4. The van der Waals surface area contributed by atoms with Gasteiger partial charge in [-0.15, -0.1) is 0 Å². The van der Waals surface area contributed by atoms with Crippen molar-refractivity contribution in [1.82, 2.24) is 5.32 Å². The summed E-state index contributed by atoms with van der Waals surface area (Å²) in [6, 6.07) is -1.49. The fourth-order valence-corrected chi connectivity index (χ4v) is 11.4. The molecule has 3 saturated heterocycles. The van der Waals surface area contributed by atoms with Crippen molar-refractivity contribution in [2.24, 2.45) is 0 Å². The molecule has 14 N–H and O–H groups in total. The summed E-state index contributed by atoms with van der Waals surface area (Å²) >= 11 is 0. The molecule has 0 radical (unpaired) electrons. The lowest BCUT2D eigenvalue weighted by atomic mass is 9.96. The summed E-state index contributed by atoms with van der Waals surface area (Å²) in [5.74, 6) is -1.06. The standard InChI is InChI=1S/C61H117NO20/c1-4-6-8-10-12-14-16-18-19-20-21-22-23-25-27-29-31-33-35-37-44(66)49(69)58(76)62-42(48(68)43(65)36-34-32-30-28-26-24-17-15-13-11-9-7-5-2)40-77-59-55(75)57(82-60-53(73)51(71)47(67)41(3)78-60)56(46(39-64)80-59)81-61-54(74)52(72)50(70)45(38-63)79-61/h41-57,59-61,63-75H,4-40H2,1-3H3,(H,62,76)/t41-,42+,43-,44+,45-,46-,47+,48+,49-,50+,51+,52+,53-,54-,55-,56-,57-,59-,60-,61+/m1/s1. The maximum absolute atomic E-state index is 13.7. The van der Waals surface area contributed by atoms with Gasteiger partial charge in [0.2, 0.25) is 0 Å². The average Bonchev–Trinajstić information content (AvgIpc) is 3.49. The van der Waals surface area contributed by atoms with Crippen LogP contribution in [0.2, 0.25) is 0 Å². The van der Waals surface area contributed by atoms with Crippen molar-refractivity contribution in [3.05, 3.63) is 0 Å². The van der Waals surface area contributed by atoms with Gasteiger partial charge in [-0.25, -0.2) is 0 Å². The third-order valence-electron chi connectivity index (χ3n) is 16.9. The van der Waals surface area contributed by atoms with Gasteiger partial charge in [0.05, 0.1) is 44.2 Å². The van der Waals surface area contributed by atoms with E-state index in [0.29, 0.717) is 12.8 Å². The van der Waals surface area contributed by atoms with E-state index in [9.17, 15) is 71.2 Å². The average molecular weight is 1180 g/mol. The Morgan fingerprint density at radius 1 is 0.427 bits per heavy atom. The number of rotatable bonds is 48. The Kier molecular flexibility index (Phi) is 40.4. The van der Waals surface area contributed by atoms with Gasteiger partial charge in [0.15, 0.2) is 25.0 Å². The minimum atomic E-state index is -2.01. The van der Waals surface area contributed by atoms with Crippen molar-refractivity contribution in [2.75, 3.05) is 19.8 Å². The van der Waals surface area contributed by atoms with Crippen molar-refractivity contribution in [1.29, 1.82) is 0 Å². The van der Waals surface area contributed by atoms with Gasteiger partial charge in [-0.3, -0.25) is 4.79 Å². The zero-order valence-electron chi connectivity index (χ0n) is 50.4. The van der Waals surface area contributed by atoms with E-state index in [1.165, 1.54) is 142 Å². The Balaban J connectivity index is 1.63. The molecular weight excluding hydrogens is 1070 g/mol. The van der Waals surface area contributed by atoms with Crippen LogP contribution in [-0.2, 0) is 33.2 Å². The second kappa shape index (κ2) is 44.2. The van der Waals surface area contributed by atoms with E-state index in [1.54, 1.807) is 0 Å². The molecule has 21 heteroatoms. The minimum Gasteiger partial charge on any atom is -0.394 e. The highest BCUT2D eigenvalue weighted by molar-refractivity contribution is 5.81. The first-order valence-electron chi connectivity index (χ1n) is 32.4. The number of nitrogens with one attached hydrogen (secondary N) is 1. The fraction of sp³-hybridized carbons (Fsp3) is 0.984. The third kappa shape index (κ3) is 27.4. The number of aliphatic hydroxyl groups excluding tert-OH is 13. The van der Waals surface area contributed by atoms with Gasteiger partial charge in [0, 0.05) is 0 Å². The highest BCUT2D eigenvalue weighted by atomic mass is 16.8. The molecule has 0 aromatic heterocycles. The van der Waals surface area contributed by atoms with Crippen LogP contribution < -0.4 is 5.32 Å². The summed E-state index contributed by atoms with van der Waals surface area (Å²) < 4.78 is 35.1. The van der Waals surface area contributed by atoms with E-state index in [2.05, 4.69) is 19.2 Å². The quantitative estimate of drug-likeness (QED) is 0.0367. The van der Waals surface area contributed by atoms with Gasteiger partial charge in [-0.1, -0.05) is 219 Å². The molecule has 82 heavy (non-hydrogen) atoms. The van der Waals surface area contributed by atoms with Gasteiger partial charge in [-0.2, -0.15) is 0 Å². The molecule has 3 aliphatic heterocycles. The van der Waals surface area contributed by atoms with Gasteiger partial charge in [-0.05, 0) is 19.8 Å². The minimum absolute atomic E-state index is 0.130. The van der Waals surface area contributed by atoms with Crippen LogP contribution in [0.3, 0.4) is 0 Å². The highest BCUT2D eigenvalue weighted by Crippen LogP contribution is 2.34. The van der Waals surface area contributed by atoms with Gasteiger partial charge < -0.3 is 100 Å². The number of carbonyl (C=O) groups excluding carboxylic acids is 1. The summed E-state index contributed by atoms with van der Waals surface area (Å²) in [6.07, 6.45) is 5.05. The van der Waals surface area contributed by atoms with Gasteiger partial charge >= 0.3 is 0 Å². The van der Waals surface area contributed by atoms with Crippen molar-refractivity contribution in [3.8, 4) is 0 Å². The predicted molar refractivity (Wildman–Crippen MR) is 308 cm³/mol. The van der Waals surface area contributed by atoms with Crippen LogP contribution in [0.5, 0.6) is 0 Å². The van der Waals surface area contributed by atoms with E-state index in [0.717, 1.165) is 57.8 Å². The second-order valence-corrected chi connectivity index (χ2v) is 24.0. The fourth-order valence-electron chi connectivity index (χ4n) is 11.4. The number of amides is 1. The molecule has 0 aromatic carbocycles. The Hall–Kier alpha value is -1.29. The van der Waals surface area contributed by atoms with Gasteiger partial charge in [0.1, 0.15) is 73.2 Å². The molecule has 0 saturated carbocycles. The van der Waals surface area contributed by atoms with Crippen LogP contribution >= 0.6 is 0 Å². The maximum Gasteiger partial charge on any atom is 0.251 e. The Morgan fingerprint density at radius 2 is 0.793 bits per heavy atom. The molecule has 0 aromatic rings. The number of hydrogen-bond acceptors (Lipinski definition) is 20. The SMILES string of the molecule is CCCCCCCCCCCCCCCCCCCCC[C@H](O)[C@@H](O)C(=O)N[C@@H](CO[C@@H]1O[C@H](CO)[C@@H](O[C@@H]2O[C@H](CO)[C@H](O)[C@H](O)[C@H]2O)[C@H](O[C@H]2O[C@H](C)[C@H](O)[C@H](O)[C@H]2O)[C@H]1O)[C@H](O)[C@H](O)CCCCCCCCCCCCCCC. The van der Waals surface area contributed by atoms with Crippen LogP contribution in [0.15, 0.2) is 0 Å². The predicted octanol–water partition coefficient (Wildman–Crippen LogP) is 4.71. The van der Waals surface area contributed by atoms with Gasteiger partial charge in [0.25, 0.3) is 5.91 Å². The number of hydrogen-bond donors (Lipinski definition) is 14. The van der Waals surface area contributed by atoms with E-state index in [-0.39, 0.29) is 12.8 Å². The summed E-state index contributed by atoms with van der Waals surface area (Å²) in [7, 11) is 0. The maximum atomic E-state index is 13.7. The zero-order valence-corrected chi connectivity index (χ0v) is 50.4. The summed E-state index contributed by atoms with van der Waals surface area (Å²) in [6.45, 7) is 3.40. The first-order chi connectivity index (χ1) is 39.5. The lowest BCUT2D eigenvalue weighted by molar-refractivity contribution is -0.386. The smallest absolute Gasteiger partial charge is 0.251 e. The first kappa shape index (κ1) is 75.0. The van der Waals surface area contributed by atoms with Crippen LogP contribution in [0.1, 0.15) is 239 Å². The van der Waals surface area contributed by atoms with E-state index >= 15 is 0 Å². The molecule has 21 nitrogen and oxygen atoms in total. The topological polar surface area (TPSA) is 347 Å². The molecule has 486 valence electrons. The molecular formula is C61H117NO20. The Bertz CT molecular complexity index is 1560. The molecule has 3 heterocycles. The number of carbonyl (C=O) groups is 1. The molecule has 3 aliphatic rings.